The van der Waals surface area contributed by atoms with E-state index >= 15 is 0 Å². The molecule has 0 radical (unpaired) electrons. The number of halogens is 1. The van der Waals surface area contributed by atoms with Gasteiger partial charge in [0.1, 0.15) is 0 Å². The van der Waals surface area contributed by atoms with Crippen LogP contribution < -0.4 is 10.0 Å². The van der Waals surface area contributed by atoms with E-state index in [-0.39, 0.29) is 21.9 Å². The van der Waals surface area contributed by atoms with E-state index in [2.05, 4.69) is 22.2 Å². The smallest absolute Gasteiger partial charge is 0.261 e. The van der Waals surface area contributed by atoms with Crippen molar-refractivity contribution in [1.82, 2.24) is 5.32 Å². The summed E-state index contributed by atoms with van der Waals surface area (Å²) in [6, 6.07) is 22.8. The largest absolute Gasteiger partial charge is 0.351 e. The van der Waals surface area contributed by atoms with Crippen LogP contribution in [0.25, 0.3) is 0 Å². The Balaban J connectivity index is 1.49. The van der Waals surface area contributed by atoms with Gasteiger partial charge in [0.15, 0.2) is 0 Å². The van der Waals surface area contributed by atoms with Crippen molar-refractivity contribution in [3.8, 4) is 0 Å². The third-order valence-electron chi connectivity index (χ3n) is 5.81. The van der Waals surface area contributed by atoms with Gasteiger partial charge < -0.3 is 5.32 Å². The van der Waals surface area contributed by atoms with E-state index in [4.69, 9.17) is 11.6 Å². The topological polar surface area (TPSA) is 75.3 Å². The van der Waals surface area contributed by atoms with Crippen molar-refractivity contribution in [2.75, 3.05) is 11.3 Å². The standard InChI is InChI=1S/C24H23ClN2O3S/c25-21-12-4-5-13-22(21)27-31(29,30)20-11-6-8-18(16-20)23(28)26-17-24(14-7-15-24)19-9-2-1-3-10-19/h1-6,8-13,16,27H,7,14-15,17H2,(H,26,28). The lowest BCUT2D eigenvalue weighted by Crippen LogP contribution is -2.45. The van der Waals surface area contributed by atoms with Gasteiger partial charge in [0.2, 0.25) is 0 Å². The highest BCUT2D eigenvalue weighted by atomic mass is 35.5. The zero-order chi connectivity index (χ0) is 21.9. The number of para-hydroxylation sites is 1. The van der Waals surface area contributed by atoms with Gasteiger partial charge >= 0.3 is 0 Å². The van der Waals surface area contributed by atoms with Crippen LogP contribution >= 0.6 is 11.6 Å². The summed E-state index contributed by atoms with van der Waals surface area (Å²) in [5, 5.41) is 3.30. The second-order valence-electron chi connectivity index (χ2n) is 7.80. The fourth-order valence-electron chi connectivity index (χ4n) is 3.87. The maximum atomic E-state index is 12.8. The molecule has 0 aliphatic heterocycles. The number of nitrogens with one attached hydrogen (secondary N) is 2. The zero-order valence-electron chi connectivity index (χ0n) is 16.8. The van der Waals surface area contributed by atoms with Crippen molar-refractivity contribution in [2.45, 2.75) is 29.6 Å². The van der Waals surface area contributed by atoms with E-state index in [1.54, 1.807) is 36.4 Å². The Morgan fingerprint density at radius 2 is 1.65 bits per heavy atom. The molecule has 1 amide bonds. The summed E-state index contributed by atoms with van der Waals surface area (Å²) in [4.78, 5) is 12.8. The molecule has 0 saturated heterocycles. The summed E-state index contributed by atoms with van der Waals surface area (Å²) in [6.07, 6.45) is 3.17. The van der Waals surface area contributed by atoms with Gasteiger partial charge in [-0.05, 0) is 48.7 Å². The molecule has 0 bridgehead atoms. The number of carbonyl (C=O) groups excluding carboxylic acids is 1. The first kappa shape index (κ1) is 21.4. The number of sulfonamides is 1. The van der Waals surface area contributed by atoms with Gasteiger partial charge in [0, 0.05) is 17.5 Å². The van der Waals surface area contributed by atoms with Gasteiger partial charge in [0.05, 0.1) is 15.6 Å². The fraction of sp³-hybridized carbons (Fsp3) is 0.208. The molecule has 0 atom stereocenters. The van der Waals surface area contributed by atoms with Gasteiger partial charge in [-0.25, -0.2) is 8.42 Å². The molecular formula is C24H23ClN2O3S. The van der Waals surface area contributed by atoms with Crippen molar-refractivity contribution in [2.24, 2.45) is 0 Å². The molecule has 3 aromatic rings. The molecule has 0 heterocycles. The van der Waals surface area contributed by atoms with Crippen LogP contribution in [0, 0.1) is 0 Å². The van der Waals surface area contributed by atoms with E-state index < -0.39 is 10.0 Å². The average molecular weight is 455 g/mol. The van der Waals surface area contributed by atoms with Crippen LogP contribution in [0.4, 0.5) is 5.69 Å². The number of anilines is 1. The van der Waals surface area contributed by atoms with E-state index in [0.29, 0.717) is 17.1 Å². The molecule has 7 heteroatoms. The zero-order valence-corrected chi connectivity index (χ0v) is 18.4. The van der Waals surface area contributed by atoms with Crippen molar-refractivity contribution in [3.05, 3.63) is 95.0 Å². The van der Waals surface area contributed by atoms with Gasteiger partial charge in [-0.2, -0.15) is 0 Å². The molecule has 2 N–H and O–H groups in total. The van der Waals surface area contributed by atoms with Crippen molar-refractivity contribution in [1.29, 1.82) is 0 Å². The third-order valence-corrected chi connectivity index (χ3v) is 7.50. The average Bonchev–Trinajstić information content (AvgIpc) is 2.75. The number of benzene rings is 3. The van der Waals surface area contributed by atoms with Crippen LogP contribution in [0.1, 0.15) is 35.2 Å². The van der Waals surface area contributed by atoms with Crippen LogP contribution in [-0.2, 0) is 15.4 Å². The minimum absolute atomic E-state index is 0.00138. The highest BCUT2D eigenvalue weighted by molar-refractivity contribution is 7.92. The summed E-state index contributed by atoms with van der Waals surface area (Å²) in [5.41, 5.74) is 1.76. The predicted octanol–water partition coefficient (Wildman–Crippen LogP) is 4.99. The second-order valence-corrected chi connectivity index (χ2v) is 9.89. The molecule has 0 unspecified atom stereocenters. The first-order chi connectivity index (χ1) is 14.9. The lowest BCUT2D eigenvalue weighted by Gasteiger charge is -2.42. The predicted molar refractivity (Wildman–Crippen MR) is 123 cm³/mol. The first-order valence-corrected chi connectivity index (χ1v) is 12.0. The molecule has 160 valence electrons. The number of hydrogen-bond donors (Lipinski definition) is 2. The van der Waals surface area contributed by atoms with Gasteiger partial charge in [-0.15, -0.1) is 0 Å². The molecule has 1 fully saturated rings. The van der Waals surface area contributed by atoms with Crippen molar-refractivity contribution in [3.63, 3.8) is 0 Å². The van der Waals surface area contributed by atoms with Crippen LogP contribution in [0.2, 0.25) is 5.02 Å². The second kappa shape index (κ2) is 8.73. The first-order valence-electron chi connectivity index (χ1n) is 10.1. The molecule has 1 saturated carbocycles. The molecule has 0 aromatic heterocycles. The normalized spacial score (nSPS) is 15.0. The molecule has 3 aromatic carbocycles. The van der Waals surface area contributed by atoms with E-state index in [9.17, 15) is 13.2 Å². The number of carbonyl (C=O) groups is 1. The fourth-order valence-corrected chi connectivity index (χ4v) is 5.23. The number of rotatable bonds is 7. The Morgan fingerprint density at radius 3 is 2.32 bits per heavy atom. The maximum absolute atomic E-state index is 12.8. The molecule has 0 spiro atoms. The maximum Gasteiger partial charge on any atom is 0.261 e. The van der Waals surface area contributed by atoms with Crippen molar-refractivity contribution < 1.29 is 13.2 Å². The monoisotopic (exact) mass is 454 g/mol. The van der Waals surface area contributed by atoms with Crippen LogP contribution in [0.3, 0.4) is 0 Å². The Hall–Kier alpha value is -2.83. The van der Waals surface area contributed by atoms with Crippen LogP contribution in [-0.4, -0.2) is 20.9 Å². The molecule has 4 rings (SSSR count). The van der Waals surface area contributed by atoms with Gasteiger partial charge in [-0.3, -0.25) is 9.52 Å². The van der Waals surface area contributed by atoms with E-state index in [1.807, 2.05) is 18.2 Å². The Morgan fingerprint density at radius 1 is 0.935 bits per heavy atom. The highest BCUT2D eigenvalue weighted by Crippen LogP contribution is 2.43. The third kappa shape index (κ3) is 4.60. The minimum atomic E-state index is -3.89. The minimum Gasteiger partial charge on any atom is -0.351 e. The summed E-state index contributed by atoms with van der Waals surface area (Å²) in [5.74, 6) is -0.294. The molecule has 1 aliphatic rings. The summed E-state index contributed by atoms with van der Waals surface area (Å²) in [6.45, 7) is 0.519. The van der Waals surface area contributed by atoms with Gasteiger partial charge in [0.25, 0.3) is 15.9 Å². The number of amides is 1. The van der Waals surface area contributed by atoms with Crippen molar-refractivity contribution >= 4 is 33.2 Å². The quantitative estimate of drug-likeness (QED) is 0.528. The SMILES string of the molecule is O=C(NCC1(c2ccccc2)CCC1)c1cccc(S(=O)(=O)Nc2ccccc2Cl)c1. The highest BCUT2D eigenvalue weighted by Gasteiger charge is 2.38. The molecule has 1 aliphatic carbocycles. The molecule has 5 nitrogen and oxygen atoms in total. The summed E-state index contributed by atoms with van der Waals surface area (Å²) in [7, 11) is -3.89. The Labute approximate surface area is 187 Å². The van der Waals surface area contributed by atoms with E-state index in [0.717, 1.165) is 19.3 Å². The Bertz CT molecular complexity index is 1190. The van der Waals surface area contributed by atoms with Crippen LogP contribution in [0.15, 0.2) is 83.8 Å². The van der Waals surface area contributed by atoms with E-state index in [1.165, 1.54) is 17.7 Å². The lowest BCUT2D eigenvalue weighted by molar-refractivity contribution is 0.0927. The summed E-state index contributed by atoms with van der Waals surface area (Å²) < 4.78 is 28.0. The van der Waals surface area contributed by atoms with Crippen LogP contribution in [0.5, 0.6) is 0 Å². The molecular weight excluding hydrogens is 432 g/mol. The molecule has 31 heavy (non-hydrogen) atoms. The summed E-state index contributed by atoms with van der Waals surface area (Å²) >= 11 is 6.06. The lowest BCUT2D eigenvalue weighted by atomic mass is 9.64. The van der Waals surface area contributed by atoms with Gasteiger partial charge in [-0.1, -0.05) is 66.6 Å². The Kier molecular flexibility index (Phi) is 6.03. The number of hydrogen-bond acceptors (Lipinski definition) is 3.